The first-order valence-corrected chi connectivity index (χ1v) is 29.4. The van der Waals surface area contributed by atoms with E-state index in [1.807, 2.05) is 0 Å². The van der Waals surface area contributed by atoms with Crippen molar-refractivity contribution < 1.29 is 56.9 Å². The molecule has 2 aliphatic carbocycles. The molecule has 430 valence electrons. The Balaban J connectivity index is 0.000000249. The van der Waals surface area contributed by atoms with Crippen molar-refractivity contribution in [3.05, 3.63) is 104 Å². The molecular weight excluding hydrogens is 1120 g/mol. The number of halogens is 2. The lowest BCUT2D eigenvalue weighted by Crippen LogP contribution is -2.41. The van der Waals surface area contributed by atoms with Crippen molar-refractivity contribution in [2.24, 2.45) is 0 Å². The van der Waals surface area contributed by atoms with E-state index in [9.17, 15) is 0 Å². The normalized spacial score (nSPS) is 19.5. The monoisotopic (exact) mass is 1210 g/mol. The van der Waals surface area contributed by atoms with Crippen LogP contribution >= 0.6 is 31.9 Å². The lowest BCUT2D eigenvalue weighted by Gasteiger charge is -2.33. The quantitative estimate of drug-likeness (QED) is 0.0411. The number of hydrogen-bond acceptors (Lipinski definition) is 12. The predicted octanol–water partition coefficient (Wildman–Crippen LogP) is 11.8. The molecule has 78 heavy (non-hydrogen) atoms. The highest BCUT2D eigenvalue weighted by molar-refractivity contribution is 9.10. The van der Waals surface area contributed by atoms with Crippen molar-refractivity contribution in [2.75, 3.05) is 101 Å². The van der Waals surface area contributed by atoms with E-state index < -0.39 is 25.4 Å². The number of benzene rings is 4. The van der Waals surface area contributed by atoms with Crippen LogP contribution in [0.25, 0.3) is 22.3 Å². The number of fused-ring (bicyclic) bond motifs is 6. The highest BCUT2D eigenvalue weighted by Gasteiger charge is 2.54. The first-order chi connectivity index (χ1) is 36.8. The number of aliphatic hydroxyl groups excluding tert-OH is 1. The van der Waals surface area contributed by atoms with E-state index in [4.69, 9.17) is 56.9 Å². The van der Waals surface area contributed by atoms with E-state index in [0.29, 0.717) is 72.7 Å². The molecule has 12 nitrogen and oxygen atoms in total. The molecule has 1 N–H and O–H groups in total. The average molecular weight is 1210 g/mol. The molecule has 0 aromatic heterocycles. The van der Waals surface area contributed by atoms with Crippen LogP contribution in [-0.2, 0) is 62.6 Å². The standard InChI is InChI=1S/C31H44BBrO6.C30H42BBrO6.CH4/c1-29(2)30(3,4)39-32(38-29)23-9-11-25-26-12-10-24(33)22-28(26)31(27(25)21-23,13-7-15-36-19-17-34-5)14-8-16-37-20-18-35-6;1-28(2)29(3,4)38-31(37-28)22-8-10-24-25-11-9-23(32)21-27(25)30(26(24)20-22,12-6-15-35-17-14-33)13-7-16-36-19-18-34-5;/h9-12,21-22H,7-8,13-20H2,1-6H3;8-11,20-21,33H,6-7,12-19H2,1-5H3;1H4. The fourth-order valence-electron chi connectivity index (χ4n) is 11.4. The van der Waals surface area contributed by atoms with E-state index in [-0.39, 0.29) is 36.1 Å². The van der Waals surface area contributed by atoms with E-state index in [1.165, 1.54) is 44.5 Å². The molecule has 2 saturated heterocycles. The number of methoxy groups -OCH3 is 3. The van der Waals surface area contributed by atoms with Gasteiger partial charge in [-0.2, -0.15) is 0 Å². The second-order valence-corrected chi connectivity index (χ2v) is 24.7. The summed E-state index contributed by atoms with van der Waals surface area (Å²) in [4.78, 5) is 0. The van der Waals surface area contributed by atoms with Crippen LogP contribution in [0.4, 0.5) is 0 Å². The first kappa shape index (κ1) is 64.7. The van der Waals surface area contributed by atoms with Gasteiger partial charge in [0.1, 0.15) is 0 Å². The smallest absolute Gasteiger partial charge is 0.399 e. The predicted molar refractivity (Wildman–Crippen MR) is 322 cm³/mol. The Morgan fingerprint density at radius 3 is 0.974 bits per heavy atom. The summed E-state index contributed by atoms with van der Waals surface area (Å²) in [5.74, 6) is 0. The summed E-state index contributed by atoms with van der Waals surface area (Å²) in [6.45, 7) is 23.5. The van der Waals surface area contributed by atoms with E-state index in [1.54, 1.807) is 21.3 Å². The Hall–Kier alpha value is -2.51. The minimum Gasteiger partial charge on any atom is -0.399 e. The summed E-state index contributed by atoms with van der Waals surface area (Å²) in [5, 5.41) is 9.15. The highest BCUT2D eigenvalue weighted by Crippen LogP contribution is 2.56. The number of rotatable bonds is 29. The van der Waals surface area contributed by atoms with Crippen LogP contribution in [0.3, 0.4) is 0 Å². The third-order valence-electron chi connectivity index (χ3n) is 16.8. The molecule has 8 rings (SSSR count). The zero-order valence-electron chi connectivity index (χ0n) is 47.9. The van der Waals surface area contributed by atoms with Crippen molar-refractivity contribution in [3.8, 4) is 22.3 Å². The molecule has 4 aromatic rings. The molecule has 2 fully saturated rings. The highest BCUT2D eigenvalue weighted by atomic mass is 79.9. The van der Waals surface area contributed by atoms with Crippen LogP contribution < -0.4 is 10.9 Å². The van der Waals surface area contributed by atoms with Gasteiger partial charge < -0.3 is 56.9 Å². The summed E-state index contributed by atoms with van der Waals surface area (Å²) in [7, 11) is 4.29. The fraction of sp³-hybridized carbons (Fsp3) is 0.613. The van der Waals surface area contributed by atoms with Gasteiger partial charge in [-0.25, -0.2) is 0 Å². The molecule has 0 radical (unpaired) electrons. The molecular formula is C62H90B2Br2O12. The minimum atomic E-state index is -0.413. The second-order valence-electron chi connectivity index (χ2n) is 22.9. The molecule has 4 aromatic carbocycles. The molecule has 2 aliphatic heterocycles. The Bertz CT molecular complexity index is 2490. The summed E-state index contributed by atoms with van der Waals surface area (Å²) < 4.78 is 66.7. The molecule has 1 unspecified atom stereocenters. The van der Waals surface area contributed by atoms with Gasteiger partial charge in [0.15, 0.2) is 0 Å². The van der Waals surface area contributed by atoms with Gasteiger partial charge in [0.25, 0.3) is 0 Å². The topological polar surface area (TPSA) is 122 Å². The lowest BCUT2D eigenvalue weighted by molar-refractivity contribution is 0.00578. The van der Waals surface area contributed by atoms with Gasteiger partial charge in [-0.15, -0.1) is 0 Å². The lowest BCUT2D eigenvalue weighted by atomic mass is 9.69. The van der Waals surface area contributed by atoms with Crippen molar-refractivity contribution >= 4 is 57.0 Å². The third kappa shape index (κ3) is 14.6. The van der Waals surface area contributed by atoms with Crippen molar-refractivity contribution in [3.63, 3.8) is 0 Å². The summed E-state index contributed by atoms with van der Waals surface area (Å²) >= 11 is 7.49. The molecule has 1 atom stereocenters. The minimum absolute atomic E-state index is 0. The zero-order chi connectivity index (χ0) is 55.5. The Kier molecular flexibility index (Phi) is 23.8. The largest absolute Gasteiger partial charge is 0.494 e. The summed E-state index contributed by atoms with van der Waals surface area (Å²) in [6.07, 6.45) is 7.52. The van der Waals surface area contributed by atoms with Crippen LogP contribution in [0.2, 0.25) is 0 Å². The molecule has 0 amide bonds. The van der Waals surface area contributed by atoms with E-state index >= 15 is 0 Å². The molecule has 0 saturated carbocycles. The average Bonchev–Trinajstić information content (AvgIpc) is 4.19. The number of aliphatic hydroxyl groups is 1. The maximum Gasteiger partial charge on any atom is 0.494 e. The van der Waals surface area contributed by atoms with Gasteiger partial charge in [-0.05, 0) is 186 Å². The fourth-order valence-corrected chi connectivity index (χ4v) is 12.1. The Morgan fingerprint density at radius 1 is 0.397 bits per heavy atom. The molecule has 16 heteroatoms. The van der Waals surface area contributed by atoms with Gasteiger partial charge in [0.05, 0.1) is 75.3 Å². The molecule has 0 spiro atoms. The van der Waals surface area contributed by atoms with Gasteiger partial charge >= 0.3 is 14.2 Å². The Labute approximate surface area is 485 Å². The van der Waals surface area contributed by atoms with E-state index in [2.05, 4.69) is 160 Å². The number of ether oxygens (including phenoxy) is 7. The molecule has 4 aliphatic rings. The van der Waals surface area contributed by atoms with Crippen LogP contribution in [0.15, 0.2) is 81.7 Å². The van der Waals surface area contributed by atoms with Gasteiger partial charge in [0, 0.05) is 67.5 Å². The zero-order valence-corrected chi connectivity index (χ0v) is 51.1. The SMILES string of the molecule is C.COCCOCCCC1(CCCOCCO)c2cc(Br)ccc2-c2ccc(B3OC(C)(C)C(C)(C)O3)cc21.COCCOCCCC1(CCCOCCOC)c2cc(Br)ccc2-c2ccc(B3OC(C)(C)C(C)(C)O3)cc21. The maximum absolute atomic E-state index is 9.15. The van der Waals surface area contributed by atoms with Crippen molar-refractivity contribution in [1.82, 2.24) is 0 Å². The number of hydrogen-bond donors (Lipinski definition) is 1. The van der Waals surface area contributed by atoms with E-state index in [0.717, 1.165) is 71.2 Å². The van der Waals surface area contributed by atoms with Crippen LogP contribution in [-0.4, -0.2) is 142 Å². The summed E-state index contributed by atoms with van der Waals surface area (Å²) in [6, 6.07) is 26.8. The van der Waals surface area contributed by atoms with Crippen LogP contribution in [0.5, 0.6) is 0 Å². The summed E-state index contributed by atoms with van der Waals surface area (Å²) in [5.41, 5.74) is 10.7. The first-order valence-electron chi connectivity index (χ1n) is 27.8. The van der Waals surface area contributed by atoms with Crippen molar-refractivity contribution in [2.45, 2.75) is 147 Å². The van der Waals surface area contributed by atoms with Gasteiger partial charge in [-0.1, -0.05) is 87.8 Å². The van der Waals surface area contributed by atoms with Gasteiger partial charge in [-0.3, -0.25) is 0 Å². The Morgan fingerprint density at radius 2 is 0.679 bits per heavy atom. The van der Waals surface area contributed by atoms with Crippen molar-refractivity contribution in [1.29, 1.82) is 0 Å². The van der Waals surface area contributed by atoms with Gasteiger partial charge in [0.2, 0.25) is 0 Å². The van der Waals surface area contributed by atoms with Crippen LogP contribution in [0.1, 0.15) is 136 Å². The maximum atomic E-state index is 9.15. The van der Waals surface area contributed by atoms with Crippen LogP contribution in [0, 0.1) is 0 Å². The molecule has 2 heterocycles. The molecule has 0 bridgehead atoms. The second kappa shape index (κ2) is 28.7. The third-order valence-corrected chi connectivity index (χ3v) is 17.8.